The van der Waals surface area contributed by atoms with Gasteiger partial charge in [0.25, 0.3) is 0 Å². The van der Waals surface area contributed by atoms with Gasteiger partial charge in [0.2, 0.25) is 0 Å². The van der Waals surface area contributed by atoms with Crippen molar-refractivity contribution < 1.29 is 0 Å². The molecule has 0 aliphatic rings. The van der Waals surface area contributed by atoms with E-state index in [1.165, 1.54) is 33.2 Å². The van der Waals surface area contributed by atoms with Crippen molar-refractivity contribution in [3.63, 3.8) is 0 Å². The molecule has 0 heterocycles. The number of benzene rings is 1. The minimum Gasteiger partial charge on any atom is -0.122 e. The first-order valence-electron chi connectivity index (χ1n) is 8.01. The van der Waals surface area contributed by atoms with Crippen LogP contribution in [0.2, 0.25) is 0 Å². The zero-order valence-corrected chi connectivity index (χ0v) is 16.2. The molecule has 116 valence electrons. The minimum atomic E-state index is 0.149. The van der Waals surface area contributed by atoms with Crippen LogP contribution in [0.15, 0.2) is 30.3 Å². The molecule has 0 N–H and O–H groups in total. The first-order chi connectivity index (χ1) is 9.51. The lowest BCUT2D eigenvalue weighted by atomic mass is 10.3. The Morgan fingerprint density at radius 3 is 1.65 bits per heavy atom. The molecular formula is C18H34P2. The van der Waals surface area contributed by atoms with E-state index in [9.17, 15) is 0 Å². The Labute approximate surface area is 130 Å². The standard InChI is InChI=1S/C10H15P.C8H19P/c1-3-11(4-2)10-8-6-5-7-9-10;1-7(2)5-9-6-8(3)4/h5-9H,3-4H2,1-2H3;7-9H,5-6H2,1-4H3. The second-order valence-electron chi connectivity index (χ2n) is 5.95. The van der Waals surface area contributed by atoms with Crippen molar-refractivity contribution in [2.45, 2.75) is 41.5 Å². The van der Waals surface area contributed by atoms with Crippen molar-refractivity contribution in [2.75, 3.05) is 24.6 Å². The van der Waals surface area contributed by atoms with Crippen LogP contribution in [0.3, 0.4) is 0 Å². The molecule has 0 aromatic heterocycles. The minimum absolute atomic E-state index is 0.149. The summed E-state index contributed by atoms with van der Waals surface area (Å²) in [4.78, 5) is 0. The van der Waals surface area contributed by atoms with E-state index in [0.717, 1.165) is 11.8 Å². The molecule has 0 unspecified atom stereocenters. The van der Waals surface area contributed by atoms with E-state index in [1.54, 1.807) is 5.30 Å². The van der Waals surface area contributed by atoms with Crippen LogP contribution in [0.25, 0.3) is 0 Å². The van der Waals surface area contributed by atoms with Crippen molar-refractivity contribution in [3.05, 3.63) is 30.3 Å². The van der Waals surface area contributed by atoms with Crippen LogP contribution in [0, 0.1) is 11.8 Å². The summed E-state index contributed by atoms with van der Waals surface area (Å²) in [6.07, 6.45) is 5.49. The lowest BCUT2D eigenvalue weighted by Gasteiger charge is -2.12. The Morgan fingerprint density at radius 1 is 0.850 bits per heavy atom. The summed E-state index contributed by atoms with van der Waals surface area (Å²) < 4.78 is 0. The Morgan fingerprint density at radius 2 is 1.30 bits per heavy atom. The molecule has 0 spiro atoms. The summed E-state index contributed by atoms with van der Waals surface area (Å²) in [5.41, 5.74) is 0. The van der Waals surface area contributed by atoms with E-state index in [-0.39, 0.29) is 7.92 Å². The largest absolute Gasteiger partial charge is 0.122 e. The zero-order chi connectivity index (χ0) is 15.4. The molecule has 0 aliphatic heterocycles. The van der Waals surface area contributed by atoms with Gasteiger partial charge >= 0.3 is 0 Å². The molecule has 1 aromatic rings. The van der Waals surface area contributed by atoms with Gasteiger partial charge in [-0.1, -0.05) is 79.8 Å². The summed E-state index contributed by atoms with van der Waals surface area (Å²) in [5.74, 6) is 1.81. The Bertz CT molecular complexity index is 294. The maximum absolute atomic E-state index is 2.30. The molecule has 0 saturated heterocycles. The number of rotatable bonds is 7. The molecule has 0 nitrogen and oxygen atoms in total. The van der Waals surface area contributed by atoms with Gasteiger partial charge in [-0.3, -0.25) is 0 Å². The van der Waals surface area contributed by atoms with E-state index in [0.29, 0.717) is 0 Å². The van der Waals surface area contributed by atoms with Crippen molar-refractivity contribution >= 4 is 21.8 Å². The van der Waals surface area contributed by atoms with E-state index in [4.69, 9.17) is 0 Å². The molecule has 2 heteroatoms. The predicted octanol–water partition coefficient (Wildman–Crippen LogP) is 5.81. The fraction of sp³-hybridized carbons (Fsp3) is 0.667. The summed E-state index contributed by atoms with van der Waals surface area (Å²) >= 11 is 0. The van der Waals surface area contributed by atoms with Gasteiger partial charge in [0, 0.05) is 0 Å². The Balaban J connectivity index is 0.000000370. The van der Waals surface area contributed by atoms with E-state index < -0.39 is 0 Å². The molecule has 0 aliphatic carbocycles. The van der Waals surface area contributed by atoms with Gasteiger partial charge in [-0.2, -0.15) is 0 Å². The van der Waals surface area contributed by atoms with Crippen molar-refractivity contribution in [2.24, 2.45) is 11.8 Å². The van der Waals surface area contributed by atoms with Crippen LogP contribution < -0.4 is 5.30 Å². The molecular weight excluding hydrogens is 278 g/mol. The molecule has 0 fully saturated rings. The van der Waals surface area contributed by atoms with Gasteiger partial charge in [0.05, 0.1) is 0 Å². The highest BCUT2D eigenvalue weighted by molar-refractivity contribution is 7.65. The number of hydrogen-bond donors (Lipinski definition) is 0. The lowest BCUT2D eigenvalue weighted by Crippen LogP contribution is -2.02. The molecule has 0 saturated carbocycles. The van der Waals surface area contributed by atoms with Gasteiger partial charge in [-0.15, -0.1) is 8.58 Å². The maximum Gasteiger partial charge on any atom is -0.0241 e. The molecule has 1 aromatic carbocycles. The van der Waals surface area contributed by atoms with Crippen LogP contribution in [0.5, 0.6) is 0 Å². The third-order valence-electron chi connectivity index (χ3n) is 2.99. The van der Waals surface area contributed by atoms with E-state index >= 15 is 0 Å². The quantitative estimate of drug-likeness (QED) is 0.557. The monoisotopic (exact) mass is 312 g/mol. The highest BCUT2D eigenvalue weighted by Crippen LogP contribution is 2.32. The molecule has 0 atom stereocenters. The lowest BCUT2D eigenvalue weighted by molar-refractivity contribution is 0.725. The average molecular weight is 312 g/mol. The fourth-order valence-corrected chi connectivity index (χ4v) is 4.98. The predicted molar refractivity (Wildman–Crippen MR) is 102 cm³/mol. The SMILES string of the molecule is CC(C)CPCC(C)C.CCP(CC)c1ccccc1. The van der Waals surface area contributed by atoms with Crippen LogP contribution in [0.1, 0.15) is 41.5 Å². The second kappa shape index (κ2) is 12.8. The first kappa shape index (κ1) is 20.1. The van der Waals surface area contributed by atoms with E-state index in [2.05, 4.69) is 71.9 Å². The molecule has 20 heavy (non-hydrogen) atoms. The average Bonchev–Trinajstić information content (AvgIpc) is 2.41. The van der Waals surface area contributed by atoms with Crippen LogP contribution in [0.4, 0.5) is 0 Å². The zero-order valence-electron chi connectivity index (χ0n) is 14.3. The maximum atomic E-state index is 2.30. The summed E-state index contributed by atoms with van der Waals surface area (Å²) in [5, 5.41) is 1.55. The van der Waals surface area contributed by atoms with Gasteiger partial charge in [0.1, 0.15) is 0 Å². The van der Waals surface area contributed by atoms with Crippen LogP contribution in [-0.4, -0.2) is 24.6 Å². The molecule has 0 amide bonds. The van der Waals surface area contributed by atoms with Gasteiger partial charge in [-0.25, -0.2) is 0 Å². The number of hydrogen-bond acceptors (Lipinski definition) is 0. The summed E-state index contributed by atoms with van der Waals surface area (Å²) in [6, 6.07) is 10.9. The highest BCUT2D eigenvalue weighted by Gasteiger charge is 2.03. The van der Waals surface area contributed by atoms with Crippen molar-refractivity contribution in [1.29, 1.82) is 0 Å². The van der Waals surface area contributed by atoms with Crippen molar-refractivity contribution in [1.82, 2.24) is 0 Å². The van der Waals surface area contributed by atoms with Crippen LogP contribution in [-0.2, 0) is 0 Å². The summed E-state index contributed by atoms with van der Waals surface area (Å²) in [6.45, 7) is 13.8. The third kappa shape index (κ3) is 10.8. The normalized spacial score (nSPS) is 10.8. The van der Waals surface area contributed by atoms with E-state index in [1.807, 2.05) is 0 Å². The summed E-state index contributed by atoms with van der Waals surface area (Å²) in [7, 11) is 1.34. The van der Waals surface area contributed by atoms with Gasteiger partial charge in [0.15, 0.2) is 0 Å². The second-order valence-corrected chi connectivity index (χ2v) is 10.1. The van der Waals surface area contributed by atoms with Gasteiger partial charge in [-0.05, 0) is 41.8 Å². The Hall–Kier alpha value is 0.0800. The first-order valence-corrected chi connectivity index (χ1v) is 11.1. The molecule has 0 bridgehead atoms. The fourth-order valence-electron chi connectivity index (χ4n) is 1.89. The van der Waals surface area contributed by atoms with Crippen molar-refractivity contribution in [3.8, 4) is 0 Å². The topological polar surface area (TPSA) is 0 Å². The smallest absolute Gasteiger partial charge is 0.0241 e. The third-order valence-corrected chi connectivity index (χ3v) is 7.76. The molecule has 0 radical (unpaired) electrons. The molecule has 1 rings (SSSR count). The van der Waals surface area contributed by atoms with Crippen LogP contribution >= 0.6 is 16.5 Å². The Kier molecular flexibility index (Phi) is 12.8. The highest BCUT2D eigenvalue weighted by atomic mass is 31.1. The van der Waals surface area contributed by atoms with Gasteiger partial charge < -0.3 is 0 Å².